The Bertz CT molecular complexity index is 1480. The largest absolute Gasteiger partial charge is 0.495 e. The summed E-state index contributed by atoms with van der Waals surface area (Å²) in [5.74, 6) is 0.119. The lowest BCUT2D eigenvalue weighted by Crippen LogP contribution is -2.15. The number of hydrogen-bond acceptors (Lipinski definition) is 5. The van der Waals surface area contributed by atoms with Crippen LogP contribution in [0, 0.1) is 0 Å². The second kappa shape index (κ2) is 8.72. The van der Waals surface area contributed by atoms with E-state index in [1.165, 1.54) is 15.9 Å². The molecule has 0 aliphatic carbocycles. The molecule has 1 amide bonds. The fraction of sp³-hybridized carbons (Fsp3) is 0.0385. The summed E-state index contributed by atoms with van der Waals surface area (Å²) in [6.45, 7) is 0. The Kier molecular flexibility index (Phi) is 5.46. The molecule has 0 fully saturated rings. The van der Waals surface area contributed by atoms with Crippen LogP contribution in [0.5, 0.6) is 11.6 Å². The van der Waals surface area contributed by atoms with Crippen molar-refractivity contribution in [3.63, 3.8) is 0 Å². The molecule has 0 saturated carbocycles. The third-order valence-corrected chi connectivity index (χ3v) is 6.19. The van der Waals surface area contributed by atoms with E-state index in [9.17, 15) is 9.90 Å². The van der Waals surface area contributed by atoms with Crippen LogP contribution in [0.4, 0.5) is 5.69 Å². The maximum Gasteiger partial charge on any atom is 0.279 e. The number of methoxy groups -OCH3 is 1. The van der Waals surface area contributed by atoms with Gasteiger partial charge < -0.3 is 9.84 Å². The number of thiazole rings is 1. The van der Waals surface area contributed by atoms with Crippen molar-refractivity contribution in [3.8, 4) is 17.3 Å². The zero-order valence-corrected chi connectivity index (χ0v) is 18.5. The molecule has 2 heterocycles. The predicted molar refractivity (Wildman–Crippen MR) is 131 cm³/mol. The van der Waals surface area contributed by atoms with Crippen molar-refractivity contribution in [1.29, 1.82) is 0 Å². The zero-order valence-electron chi connectivity index (χ0n) is 17.7. The number of carbonyl (C=O) groups excluding carboxylic acids is 1. The molecule has 7 heteroatoms. The van der Waals surface area contributed by atoms with Gasteiger partial charge in [-0.1, -0.05) is 59.9 Å². The number of aromatic hydroxyl groups is 1. The van der Waals surface area contributed by atoms with Crippen LogP contribution in [-0.2, 0) is 0 Å². The summed E-state index contributed by atoms with van der Waals surface area (Å²) in [5.41, 5.74) is 3.78. The predicted octanol–water partition coefficient (Wildman–Crippen LogP) is 5.25. The Balaban J connectivity index is 1.70. The second-order valence-corrected chi connectivity index (χ2v) is 8.25. The molecule has 0 bridgehead atoms. The summed E-state index contributed by atoms with van der Waals surface area (Å²) in [5, 5.41) is 11.2. The van der Waals surface area contributed by atoms with Gasteiger partial charge in [0.15, 0.2) is 0 Å². The monoisotopic (exact) mass is 453 g/mol. The number of aromatic nitrogens is 1. The van der Waals surface area contributed by atoms with Crippen LogP contribution < -0.4 is 9.54 Å². The minimum Gasteiger partial charge on any atom is -0.495 e. The Morgan fingerprint density at radius 2 is 1.76 bits per heavy atom. The van der Waals surface area contributed by atoms with Crippen LogP contribution in [-0.4, -0.2) is 28.9 Å². The summed E-state index contributed by atoms with van der Waals surface area (Å²) in [4.78, 5) is 22.5. The molecule has 0 spiro atoms. The maximum absolute atomic E-state index is 12.9. The smallest absolute Gasteiger partial charge is 0.279 e. The van der Waals surface area contributed by atoms with Crippen molar-refractivity contribution in [2.75, 3.05) is 7.11 Å². The van der Waals surface area contributed by atoms with Gasteiger partial charge in [0.1, 0.15) is 5.75 Å². The number of amides is 1. The van der Waals surface area contributed by atoms with Gasteiger partial charge >= 0.3 is 0 Å². The normalized spacial score (nSPS) is 14.0. The lowest BCUT2D eigenvalue weighted by molar-refractivity contribution is 0.0998. The van der Waals surface area contributed by atoms with Crippen LogP contribution >= 0.6 is 11.3 Å². The second-order valence-electron chi connectivity index (χ2n) is 7.24. The van der Waals surface area contributed by atoms with Gasteiger partial charge in [0.05, 0.1) is 23.4 Å². The first-order valence-electron chi connectivity index (χ1n) is 10.2. The van der Waals surface area contributed by atoms with Gasteiger partial charge in [0.2, 0.25) is 10.7 Å². The minimum absolute atomic E-state index is 0.0330. The van der Waals surface area contributed by atoms with E-state index >= 15 is 0 Å². The number of hydrogen-bond donors (Lipinski definition) is 1. The highest BCUT2D eigenvalue weighted by atomic mass is 32.1. The van der Waals surface area contributed by atoms with Crippen molar-refractivity contribution in [2.45, 2.75) is 0 Å². The molecule has 0 radical (unpaired) electrons. The van der Waals surface area contributed by atoms with Gasteiger partial charge in [-0.05, 0) is 36.4 Å². The zero-order chi connectivity index (χ0) is 22.8. The third-order valence-electron chi connectivity index (χ3n) is 5.21. The highest BCUT2D eigenvalue weighted by Gasteiger charge is 2.19. The summed E-state index contributed by atoms with van der Waals surface area (Å²) in [6, 6.07) is 23.9. The first-order valence-corrected chi connectivity index (χ1v) is 11.0. The lowest BCUT2D eigenvalue weighted by atomic mass is 10.1. The highest BCUT2D eigenvalue weighted by Crippen LogP contribution is 2.36. The molecule has 33 heavy (non-hydrogen) atoms. The van der Waals surface area contributed by atoms with Gasteiger partial charge in [-0.2, -0.15) is 4.99 Å². The molecule has 1 aliphatic heterocycles. The molecule has 162 valence electrons. The van der Waals surface area contributed by atoms with Crippen molar-refractivity contribution in [2.24, 2.45) is 9.98 Å². The van der Waals surface area contributed by atoms with Crippen molar-refractivity contribution < 1.29 is 14.6 Å². The summed E-state index contributed by atoms with van der Waals surface area (Å²) < 4.78 is 7.03. The van der Waals surface area contributed by atoms with Crippen LogP contribution in [0.3, 0.4) is 0 Å². The highest BCUT2D eigenvalue weighted by molar-refractivity contribution is 7.10. The number of para-hydroxylation sites is 3. The molecule has 0 atom stereocenters. The molecule has 0 saturated heterocycles. The van der Waals surface area contributed by atoms with Crippen LogP contribution in [0.25, 0.3) is 17.3 Å². The minimum atomic E-state index is -0.396. The van der Waals surface area contributed by atoms with E-state index < -0.39 is 5.91 Å². The summed E-state index contributed by atoms with van der Waals surface area (Å²) >= 11 is 1.22. The first kappa shape index (κ1) is 20.7. The molecule has 0 unspecified atom stereocenters. The average molecular weight is 454 g/mol. The summed E-state index contributed by atoms with van der Waals surface area (Å²) in [7, 11) is 1.56. The van der Waals surface area contributed by atoms with E-state index in [-0.39, 0.29) is 5.88 Å². The number of fused-ring (bicyclic) bond motifs is 1. The molecule has 5 rings (SSSR count). The van der Waals surface area contributed by atoms with Gasteiger partial charge in [-0.15, -0.1) is 0 Å². The number of carbonyl (C=O) groups is 1. The van der Waals surface area contributed by atoms with E-state index in [0.717, 1.165) is 16.8 Å². The Morgan fingerprint density at radius 1 is 1.03 bits per heavy atom. The van der Waals surface area contributed by atoms with E-state index in [1.54, 1.807) is 49.7 Å². The molecule has 1 N–H and O–H groups in total. The number of ether oxygens (including phenoxy) is 1. The Labute approximate surface area is 194 Å². The Hall–Kier alpha value is -4.23. The van der Waals surface area contributed by atoms with Crippen LogP contribution in [0.1, 0.15) is 20.8 Å². The van der Waals surface area contributed by atoms with E-state index in [2.05, 4.69) is 9.98 Å². The van der Waals surface area contributed by atoms with Crippen molar-refractivity contribution in [1.82, 2.24) is 4.57 Å². The van der Waals surface area contributed by atoms with Crippen LogP contribution in [0.15, 0.2) is 88.8 Å². The van der Waals surface area contributed by atoms with Gasteiger partial charge in [-0.25, -0.2) is 0 Å². The molecule has 4 aromatic rings. The topological polar surface area (TPSA) is 76.2 Å². The Morgan fingerprint density at radius 3 is 2.58 bits per heavy atom. The molecular weight excluding hydrogens is 434 g/mol. The fourth-order valence-electron chi connectivity index (χ4n) is 3.62. The SMILES string of the molecule is COc1ccccc1-n1c(O)c(C=C2C=Nc3ccccc32)sc1=NC(=O)c1ccccc1. The van der Waals surface area contributed by atoms with Crippen molar-refractivity contribution in [3.05, 3.63) is 99.7 Å². The lowest BCUT2D eigenvalue weighted by Gasteiger charge is -2.10. The molecule has 1 aliphatic rings. The van der Waals surface area contributed by atoms with E-state index in [1.807, 2.05) is 48.5 Å². The average Bonchev–Trinajstić information content (AvgIpc) is 3.40. The molecule has 6 nitrogen and oxygen atoms in total. The van der Waals surface area contributed by atoms with Crippen LogP contribution in [0.2, 0.25) is 0 Å². The fourth-order valence-corrected chi connectivity index (χ4v) is 4.59. The van der Waals surface area contributed by atoms with E-state index in [4.69, 9.17) is 4.74 Å². The number of allylic oxidation sites excluding steroid dienone is 1. The van der Waals surface area contributed by atoms with Gasteiger partial charge in [0.25, 0.3) is 5.91 Å². The molecule has 1 aromatic heterocycles. The number of nitrogens with zero attached hydrogens (tertiary/aromatic N) is 3. The quantitative estimate of drug-likeness (QED) is 0.458. The van der Waals surface area contributed by atoms with E-state index in [0.29, 0.717) is 26.7 Å². The third kappa shape index (κ3) is 3.90. The van der Waals surface area contributed by atoms with Crippen molar-refractivity contribution >= 4 is 40.8 Å². The number of rotatable bonds is 4. The van der Waals surface area contributed by atoms with Gasteiger partial charge in [0, 0.05) is 22.9 Å². The maximum atomic E-state index is 12.9. The summed E-state index contributed by atoms with van der Waals surface area (Å²) in [6.07, 6.45) is 3.62. The molecule has 3 aromatic carbocycles. The first-order chi connectivity index (χ1) is 16.2. The number of benzene rings is 3. The number of aliphatic imine (C=N–C) groups is 1. The standard InChI is InChI=1S/C26H19N3O3S/c1-32-22-14-8-7-13-21(22)29-25(31)23(15-18-16-27-20-12-6-5-11-19(18)20)33-26(29)28-24(30)17-9-3-2-4-10-17/h2-16,31H,1H3. The molecular formula is C26H19N3O3S. The van der Waals surface area contributed by atoms with Gasteiger partial charge in [-0.3, -0.25) is 14.4 Å².